The van der Waals surface area contributed by atoms with Gasteiger partial charge in [0.05, 0.1) is 13.2 Å². The smallest absolute Gasteiger partial charge is 0.239 e. The Morgan fingerprint density at radius 2 is 1.57 bits per heavy atom. The molecule has 0 radical (unpaired) electrons. The Morgan fingerprint density at radius 1 is 0.892 bits per heavy atom. The number of rotatable bonds is 6. The number of nitrogens with one attached hydrogen (secondary N) is 1. The Labute approximate surface area is 219 Å². The number of hydrogen-bond acceptors (Lipinski definition) is 8. The summed E-state index contributed by atoms with van der Waals surface area (Å²) in [5.41, 5.74) is 2.23. The Kier molecular flexibility index (Phi) is 6.72. The maximum absolute atomic E-state index is 10.4. The van der Waals surface area contributed by atoms with Crippen molar-refractivity contribution >= 4 is 0 Å². The van der Waals surface area contributed by atoms with E-state index in [-0.39, 0.29) is 0 Å². The minimum Gasteiger partial charge on any atom is -0.508 e. The quantitative estimate of drug-likeness (QED) is 0.431. The summed E-state index contributed by atoms with van der Waals surface area (Å²) >= 11 is 0. The minimum absolute atomic E-state index is 0.358. The molecule has 37 heavy (non-hydrogen) atoms. The second-order valence-corrected chi connectivity index (χ2v) is 12.6. The molecule has 0 atom stereocenters. The first-order chi connectivity index (χ1) is 18.1. The van der Waals surface area contributed by atoms with Crippen LogP contribution in [0, 0.1) is 23.7 Å². The van der Waals surface area contributed by atoms with Gasteiger partial charge in [0.1, 0.15) is 5.75 Å². The SMILES string of the molecule is Oc1ccc(C2CCC3(CC2)OOC2(OO3)C3CC4CC(C3)CC2C4)cc1CNCCN1CCOCC1. The summed E-state index contributed by atoms with van der Waals surface area (Å²) in [5, 5.41) is 13.9. The van der Waals surface area contributed by atoms with Crippen molar-refractivity contribution in [2.45, 2.75) is 81.8 Å². The Hall–Kier alpha value is -1.26. The van der Waals surface area contributed by atoms with Crippen LogP contribution in [0.2, 0.25) is 0 Å². The van der Waals surface area contributed by atoms with Gasteiger partial charge in [0.2, 0.25) is 11.6 Å². The van der Waals surface area contributed by atoms with E-state index in [1.165, 1.54) is 37.7 Å². The van der Waals surface area contributed by atoms with Crippen molar-refractivity contribution in [1.29, 1.82) is 0 Å². The van der Waals surface area contributed by atoms with Crippen molar-refractivity contribution < 1.29 is 29.4 Å². The van der Waals surface area contributed by atoms with Crippen LogP contribution in [0.1, 0.15) is 74.8 Å². The van der Waals surface area contributed by atoms with E-state index in [2.05, 4.69) is 22.3 Å². The molecule has 5 aliphatic carbocycles. The highest BCUT2D eigenvalue weighted by molar-refractivity contribution is 5.37. The molecule has 2 saturated heterocycles. The van der Waals surface area contributed by atoms with E-state index in [9.17, 15) is 5.11 Å². The summed E-state index contributed by atoms with van der Waals surface area (Å²) in [6, 6.07) is 6.07. The first kappa shape index (κ1) is 24.8. The lowest BCUT2D eigenvalue weighted by atomic mass is 9.53. The minimum atomic E-state index is -0.794. The highest BCUT2D eigenvalue weighted by Gasteiger charge is 2.64. The van der Waals surface area contributed by atoms with Gasteiger partial charge in [0, 0.05) is 63.0 Å². The highest BCUT2D eigenvalue weighted by Crippen LogP contribution is 2.62. The van der Waals surface area contributed by atoms with Crippen molar-refractivity contribution in [3.63, 3.8) is 0 Å². The van der Waals surface area contributed by atoms with Crippen LogP contribution in [0.5, 0.6) is 5.75 Å². The number of phenols is 1. The van der Waals surface area contributed by atoms with Gasteiger partial charge in [-0.1, -0.05) is 12.1 Å². The second kappa shape index (κ2) is 10.0. The first-order valence-electron chi connectivity index (χ1n) is 14.7. The molecule has 1 aromatic rings. The molecule has 8 heteroatoms. The molecule has 2 spiro atoms. The van der Waals surface area contributed by atoms with Crippen LogP contribution < -0.4 is 5.32 Å². The molecule has 7 fully saturated rings. The molecule has 0 unspecified atom stereocenters. The van der Waals surface area contributed by atoms with Gasteiger partial charge < -0.3 is 15.2 Å². The third-order valence-corrected chi connectivity index (χ3v) is 10.3. The van der Waals surface area contributed by atoms with Gasteiger partial charge in [-0.15, -0.1) is 0 Å². The summed E-state index contributed by atoms with van der Waals surface area (Å²) in [6.07, 6.45) is 9.46. The standard InChI is InChI=1S/C29H42N2O6/c32-27-2-1-23(18-24(27)19-30-7-8-31-9-11-33-12-10-31)22-3-5-28(6-4-22)34-36-29(37-35-28)25-14-20-13-21(16-25)17-26(29)15-20/h1-2,18,20-22,25-26,30,32H,3-17,19H2. The predicted molar refractivity (Wildman–Crippen MR) is 135 cm³/mol. The van der Waals surface area contributed by atoms with Gasteiger partial charge in [-0.2, -0.15) is 19.6 Å². The van der Waals surface area contributed by atoms with Crippen LogP contribution in [0.25, 0.3) is 0 Å². The lowest BCUT2D eigenvalue weighted by Crippen LogP contribution is -2.64. The summed E-state index contributed by atoms with van der Waals surface area (Å²) in [4.78, 5) is 27.1. The lowest BCUT2D eigenvalue weighted by Gasteiger charge is -2.60. The zero-order valence-electron chi connectivity index (χ0n) is 21.9. The Balaban J connectivity index is 0.921. The van der Waals surface area contributed by atoms with Crippen molar-refractivity contribution in [3.05, 3.63) is 29.3 Å². The van der Waals surface area contributed by atoms with E-state index >= 15 is 0 Å². The summed E-state index contributed by atoms with van der Waals surface area (Å²) in [6.45, 7) is 6.21. The normalized spacial score (nSPS) is 41.6. The molecule has 0 amide bonds. The monoisotopic (exact) mass is 514 g/mol. The van der Waals surface area contributed by atoms with Gasteiger partial charge in [0.15, 0.2) is 0 Å². The Bertz CT molecular complexity index is 918. The zero-order valence-corrected chi connectivity index (χ0v) is 21.9. The molecular formula is C29H42N2O6. The van der Waals surface area contributed by atoms with Crippen LogP contribution in [-0.2, 0) is 30.8 Å². The molecule has 5 saturated carbocycles. The fraction of sp³-hybridized carbons (Fsp3) is 0.793. The van der Waals surface area contributed by atoms with Crippen LogP contribution in [0.3, 0.4) is 0 Å². The fourth-order valence-corrected chi connectivity index (χ4v) is 8.27. The summed E-state index contributed by atoms with van der Waals surface area (Å²) < 4.78 is 5.42. The predicted octanol–water partition coefficient (Wildman–Crippen LogP) is 4.23. The van der Waals surface area contributed by atoms with Crippen LogP contribution in [-0.4, -0.2) is 61.0 Å². The molecule has 4 bridgehead atoms. The number of hydrogen-bond donors (Lipinski definition) is 2. The van der Waals surface area contributed by atoms with Gasteiger partial charge in [-0.05, 0) is 74.3 Å². The van der Waals surface area contributed by atoms with Gasteiger partial charge in [0.25, 0.3) is 0 Å². The van der Waals surface area contributed by atoms with E-state index in [4.69, 9.17) is 24.3 Å². The molecule has 8 nitrogen and oxygen atoms in total. The molecule has 0 aromatic heterocycles. The number of morpholine rings is 1. The maximum atomic E-state index is 10.4. The van der Waals surface area contributed by atoms with Crippen molar-refractivity contribution in [1.82, 2.24) is 10.2 Å². The molecule has 2 heterocycles. The molecule has 1 aromatic carbocycles. The van der Waals surface area contributed by atoms with E-state index in [0.717, 1.165) is 82.5 Å². The third-order valence-electron chi connectivity index (χ3n) is 10.3. The van der Waals surface area contributed by atoms with E-state index in [0.29, 0.717) is 30.0 Å². The van der Waals surface area contributed by atoms with Gasteiger partial charge >= 0.3 is 0 Å². The summed E-state index contributed by atoms with van der Waals surface area (Å²) in [7, 11) is 0. The first-order valence-corrected chi connectivity index (χ1v) is 14.7. The number of nitrogens with zero attached hydrogens (tertiary/aromatic N) is 1. The topological polar surface area (TPSA) is 81.7 Å². The average Bonchev–Trinajstić information content (AvgIpc) is 2.93. The highest BCUT2D eigenvalue weighted by atomic mass is 17.4. The maximum Gasteiger partial charge on any atom is 0.239 e. The lowest BCUT2D eigenvalue weighted by molar-refractivity contribution is -0.680. The van der Waals surface area contributed by atoms with E-state index in [1.54, 1.807) is 0 Å². The third kappa shape index (κ3) is 4.73. The molecule has 204 valence electrons. The number of aromatic hydroxyl groups is 1. The average molecular weight is 515 g/mol. The molecule has 2 N–H and O–H groups in total. The number of ether oxygens (including phenoxy) is 1. The van der Waals surface area contributed by atoms with Crippen molar-refractivity contribution in [3.8, 4) is 5.75 Å². The summed E-state index contributed by atoms with van der Waals surface area (Å²) in [5.74, 6) is 1.75. The van der Waals surface area contributed by atoms with Crippen LogP contribution >= 0.6 is 0 Å². The fourth-order valence-electron chi connectivity index (χ4n) is 8.27. The second-order valence-electron chi connectivity index (χ2n) is 12.6. The molecule has 2 aliphatic heterocycles. The van der Waals surface area contributed by atoms with Crippen LogP contribution in [0.4, 0.5) is 0 Å². The largest absolute Gasteiger partial charge is 0.508 e. The van der Waals surface area contributed by atoms with Crippen LogP contribution in [0.15, 0.2) is 18.2 Å². The van der Waals surface area contributed by atoms with E-state index in [1.807, 2.05) is 6.07 Å². The molecule has 7 aliphatic rings. The van der Waals surface area contributed by atoms with Crippen molar-refractivity contribution in [2.75, 3.05) is 39.4 Å². The number of benzene rings is 1. The number of phenolic OH excluding ortho intramolecular Hbond substituents is 1. The van der Waals surface area contributed by atoms with Gasteiger partial charge in [-0.3, -0.25) is 4.90 Å². The zero-order chi connectivity index (χ0) is 24.9. The Morgan fingerprint density at radius 3 is 2.24 bits per heavy atom. The van der Waals surface area contributed by atoms with Gasteiger partial charge in [-0.25, -0.2) is 0 Å². The van der Waals surface area contributed by atoms with Crippen molar-refractivity contribution in [2.24, 2.45) is 23.7 Å². The molecule has 8 rings (SSSR count). The molecular weight excluding hydrogens is 472 g/mol. The van der Waals surface area contributed by atoms with E-state index < -0.39 is 11.6 Å².